The van der Waals surface area contributed by atoms with E-state index < -0.39 is 0 Å². The van der Waals surface area contributed by atoms with Gasteiger partial charge in [-0.25, -0.2) is 0 Å². The minimum atomic E-state index is -0.245. The van der Waals surface area contributed by atoms with Gasteiger partial charge in [0.2, 0.25) is 17.7 Å². The van der Waals surface area contributed by atoms with Crippen LogP contribution in [0.15, 0.2) is 10.5 Å². The Bertz CT molecular complexity index is 719. The van der Waals surface area contributed by atoms with E-state index in [0.717, 1.165) is 11.4 Å². The highest BCUT2D eigenvalue weighted by atomic mass is 16.4. The van der Waals surface area contributed by atoms with E-state index in [-0.39, 0.29) is 30.8 Å². The van der Waals surface area contributed by atoms with Crippen molar-refractivity contribution in [2.75, 3.05) is 6.54 Å². The topological polar surface area (TPSA) is 115 Å². The van der Waals surface area contributed by atoms with Crippen molar-refractivity contribution in [3.63, 3.8) is 0 Å². The van der Waals surface area contributed by atoms with Crippen LogP contribution in [0.2, 0.25) is 0 Å². The Balaban J connectivity index is 1.82. The molecule has 2 rings (SSSR count). The molecular formula is C15H22N6O3. The lowest BCUT2D eigenvalue weighted by Gasteiger charge is -2.08. The van der Waals surface area contributed by atoms with Gasteiger partial charge in [-0.05, 0) is 26.8 Å². The highest BCUT2D eigenvalue weighted by Gasteiger charge is 2.14. The molecular weight excluding hydrogens is 312 g/mol. The van der Waals surface area contributed by atoms with Crippen molar-refractivity contribution in [3.8, 4) is 11.6 Å². The number of hydrogen-bond donors (Lipinski definition) is 2. The summed E-state index contributed by atoms with van der Waals surface area (Å²) >= 11 is 0. The molecule has 0 unspecified atom stereocenters. The molecule has 2 heterocycles. The summed E-state index contributed by atoms with van der Waals surface area (Å²) in [6, 6.07) is 1.89. The molecule has 2 aromatic rings. The maximum atomic E-state index is 11.7. The number of nitrogens with zero attached hydrogens (tertiary/aromatic N) is 4. The zero-order chi connectivity index (χ0) is 17.7. The molecule has 0 spiro atoms. The number of aromatic nitrogens is 4. The summed E-state index contributed by atoms with van der Waals surface area (Å²) in [4.78, 5) is 23.2. The van der Waals surface area contributed by atoms with Gasteiger partial charge in [0, 0.05) is 25.9 Å². The number of rotatable bonds is 7. The maximum absolute atomic E-state index is 11.7. The molecule has 130 valence electrons. The lowest BCUT2D eigenvalue weighted by Crippen LogP contribution is -2.39. The Hall–Kier alpha value is -2.71. The first-order chi connectivity index (χ1) is 11.3. The third-order valence-electron chi connectivity index (χ3n) is 3.15. The predicted octanol–water partition coefficient (Wildman–Crippen LogP) is 0.352. The van der Waals surface area contributed by atoms with Crippen molar-refractivity contribution in [1.82, 2.24) is 30.6 Å². The van der Waals surface area contributed by atoms with Crippen molar-refractivity contribution in [2.45, 2.75) is 39.7 Å². The number of amides is 2. The molecule has 2 amide bonds. The molecule has 0 aliphatic carbocycles. The predicted molar refractivity (Wildman–Crippen MR) is 85.8 cm³/mol. The third kappa shape index (κ3) is 4.90. The summed E-state index contributed by atoms with van der Waals surface area (Å²) in [6.07, 6.45) is 0.475. The van der Waals surface area contributed by atoms with Crippen molar-refractivity contribution >= 4 is 11.8 Å². The maximum Gasteiger partial charge on any atom is 0.265 e. The third-order valence-corrected chi connectivity index (χ3v) is 3.15. The molecule has 0 bridgehead atoms. The van der Waals surface area contributed by atoms with E-state index in [9.17, 15) is 9.59 Å². The van der Waals surface area contributed by atoms with Gasteiger partial charge in [0.05, 0.1) is 12.2 Å². The van der Waals surface area contributed by atoms with Gasteiger partial charge >= 0.3 is 0 Å². The second kappa shape index (κ2) is 7.71. The van der Waals surface area contributed by atoms with Crippen LogP contribution in [0.5, 0.6) is 0 Å². The van der Waals surface area contributed by atoms with Crippen molar-refractivity contribution in [1.29, 1.82) is 0 Å². The molecule has 0 aliphatic rings. The van der Waals surface area contributed by atoms with Gasteiger partial charge in [0.25, 0.3) is 5.89 Å². The van der Waals surface area contributed by atoms with Crippen LogP contribution in [0.25, 0.3) is 11.6 Å². The molecule has 0 aromatic carbocycles. The molecule has 0 radical (unpaired) electrons. The zero-order valence-corrected chi connectivity index (χ0v) is 14.3. The minimum absolute atomic E-state index is 0.0413. The summed E-state index contributed by atoms with van der Waals surface area (Å²) in [5, 5.41) is 17.4. The smallest absolute Gasteiger partial charge is 0.265 e. The van der Waals surface area contributed by atoms with E-state index in [1.807, 2.05) is 26.8 Å². The fourth-order valence-corrected chi connectivity index (χ4v) is 2.13. The SMILES string of the molecule is Cc1cc(-c2nnc(CCC(=O)NCC(=O)NC(C)C)o2)n(C)n1. The van der Waals surface area contributed by atoms with Gasteiger partial charge in [-0.3, -0.25) is 14.3 Å². The van der Waals surface area contributed by atoms with Crippen LogP contribution in [-0.4, -0.2) is 44.4 Å². The van der Waals surface area contributed by atoms with Gasteiger partial charge in [-0.2, -0.15) is 5.10 Å². The monoisotopic (exact) mass is 334 g/mol. The number of nitrogens with one attached hydrogen (secondary N) is 2. The van der Waals surface area contributed by atoms with Gasteiger partial charge in [-0.15, -0.1) is 10.2 Å². The molecule has 0 saturated heterocycles. The largest absolute Gasteiger partial charge is 0.419 e. The van der Waals surface area contributed by atoms with Gasteiger partial charge < -0.3 is 15.1 Å². The zero-order valence-electron chi connectivity index (χ0n) is 14.3. The lowest BCUT2D eigenvalue weighted by molar-refractivity contribution is -0.126. The van der Waals surface area contributed by atoms with Gasteiger partial charge in [0.15, 0.2) is 0 Å². The van der Waals surface area contributed by atoms with Crippen LogP contribution in [0, 0.1) is 6.92 Å². The highest BCUT2D eigenvalue weighted by Crippen LogP contribution is 2.18. The Morgan fingerprint density at radius 3 is 2.67 bits per heavy atom. The first kappa shape index (κ1) is 17.6. The number of carbonyl (C=O) groups is 2. The summed E-state index contributed by atoms with van der Waals surface area (Å²) in [7, 11) is 1.79. The molecule has 24 heavy (non-hydrogen) atoms. The lowest BCUT2D eigenvalue weighted by atomic mass is 10.3. The standard InChI is InChI=1S/C15H22N6O3/c1-9(2)17-13(23)8-16-12(22)5-6-14-18-19-15(24-14)11-7-10(3)20-21(11)4/h7,9H,5-6,8H2,1-4H3,(H,16,22)(H,17,23). The van der Waals surface area contributed by atoms with E-state index in [1.165, 1.54) is 0 Å². The van der Waals surface area contributed by atoms with E-state index in [0.29, 0.717) is 18.2 Å². The Labute approximate surface area is 139 Å². The summed E-state index contributed by atoms with van der Waals surface area (Å²) in [5.41, 5.74) is 1.58. The number of aryl methyl sites for hydroxylation is 3. The van der Waals surface area contributed by atoms with E-state index in [1.54, 1.807) is 11.7 Å². The van der Waals surface area contributed by atoms with Crippen molar-refractivity contribution in [2.24, 2.45) is 7.05 Å². The molecule has 2 N–H and O–H groups in total. The average Bonchev–Trinajstić information content (AvgIpc) is 3.08. The highest BCUT2D eigenvalue weighted by molar-refractivity contribution is 5.84. The van der Waals surface area contributed by atoms with Crippen molar-refractivity contribution < 1.29 is 14.0 Å². The molecule has 0 fully saturated rings. The second-order valence-electron chi connectivity index (χ2n) is 5.79. The van der Waals surface area contributed by atoms with Gasteiger partial charge in [-0.1, -0.05) is 0 Å². The molecule has 0 aliphatic heterocycles. The van der Waals surface area contributed by atoms with Crippen LogP contribution < -0.4 is 10.6 Å². The number of hydrogen-bond acceptors (Lipinski definition) is 6. The van der Waals surface area contributed by atoms with Crippen LogP contribution in [0.1, 0.15) is 31.9 Å². The van der Waals surface area contributed by atoms with Crippen LogP contribution >= 0.6 is 0 Å². The van der Waals surface area contributed by atoms with E-state index in [2.05, 4.69) is 25.9 Å². The van der Waals surface area contributed by atoms with Crippen LogP contribution in [0.3, 0.4) is 0 Å². The number of carbonyl (C=O) groups excluding carboxylic acids is 2. The first-order valence-electron chi connectivity index (χ1n) is 7.74. The Kier molecular flexibility index (Phi) is 5.67. The molecule has 9 heteroatoms. The first-order valence-corrected chi connectivity index (χ1v) is 7.74. The molecule has 0 saturated carbocycles. The average molecular weight is 334 g/mol. The second-order valence-corrected chi connectivity index (χ2v) is 5.79. The normalized spacial score (nSPS) is 10.9. The molecule has 9 nitrogen and oxygen atoms in total. The Morgan fingerprint density at radius 2 is 2.04 bits per heavy atom. The minimum Gasteiger partial charge on any atom is -0.419 e. The fourth-order valence-electron chi connectivity index (χ4n) is 2.13. The molecule has 0 atom stereocenters. The quantitative estimate of drug-likeness (QED) is 0.755. The van der Waals surface area contributed by atoms with Crippen LogP contribution in [0.4, 0.5) is 0 Å². The molecule has 2 aromatic heterocycles. The fraction of sp³-hybridized carbons (Fsp3) is 0.533. The van der Waals surface area contributed by atoms with Crippen LogP contribution in [-0.2, 0) is 23.1 Å². The summed E-state index contributed by atoms with van der Waals surface area (Å²) in [6.45, 7) is 5.55. The Morgan fingerprint density at radius 1 is 1.29 bits per heavy atom. The van der Waals surface area contributed by atoms with Gasteiger partial charge in [0.1, 0.15) is 5.69 Å². The van der Waals surface area contributed by atoms with E-state index >= 15 is 0 Å². The van der Waals surface area contributed by atoms with Crippen molar-refractivity contribution in [3.05, 3.63) is 17.7 Å². The van der Waals surface area contributed by atoms with E-state index in [4.69, 9.17) is 4.42 Å². The summed E-state index contributed by atoms with van der Waals surface area (Å²) in [5.74, 6) is 0.269. The summed E-state index contributed by atoms with van der Waals surface area (Å²) < 4.78 is 7.21.